The molecule has 0 saturated carbocycles. The molecular weight excluding hydrogens is 361 g/mol. The van der Waals surface area contributed by atoms with Crippen molar-refractivity contribution in [3.63, 3.8) is 0 Å². The molecule has 0 spiro atoms. The van der Waals surface area contributed by atoms with Gasteiger partial charge in [-0.3, -0.25) is 9.78 Å². The van der Waals surface area contributed by atoms with Gasteiger partial charge in [-0.15, -0.1) is 0 Å². The number of amides is 1. The van der Waals surface area contributed by atoms with Crippen molar-refractivity contribution in [2.24, 2.45) is 0 Å². The minimum Gasteiger partial charge on any atom is -0.343 e. The van der Waals surface area contributed by atoms with Gasteiger partial charge in [0.25, 0.3) is 0 Å². The fourth-order valence-electron chi connectivity index (χ4n) is 2.11. The van der Waals surface area contributed by atoms with E-state index in [9.17, 15) is 18.0 Å². The second-order valence-corrected chi connectivity index (χ2v) is 5.39. The van der Waals surface area contributed by atoms with E-state index in [-0.39, 0.29) is 24.2 Å². The number of carbonyl (C=O) groups excluding carboxylic acids is 1. The largest absolute Gasteiger partial charge is 0.416 e. The summed E-state index contributed by atoms with van der Waals surface area (Å²) in [7, 11) is 0. The summed E-state index contributed by atoms with van der Waals surface area (Å²) in [6.07, 6.45) is 0.0685. The van der Waals surface area contributed by atoms with E-state index in [0.29, 0.717) is 11.3 Å². The van der Waals surface area contributed by atoms with Crippen LogP contribution in [-0.4, -0.2) is 21.0 Å². The monoisotopic (exact) mass is 374 g/mol. The number of carbonyl (C=O) groups is 1. The molecule has 0 unspecified atom stereocenters. The molecule has 0 atom stereocenters. The zero-order valence-corrected chi connectivity index (χ0v) is 13.8. The Balaban J connectivity index is 1.58. The van der Waals surface area contributed by atoms with Crippen LogP contribution in [0.25, 0.3) is 17.5 Å². The number of halogens is 3. The number of pyridine rings is 1. The molecule has 0 aliphatic heterocycles. The standard InChI is InChI=1S/C18H13F3N4O2/c19-18(20,21)13-6-4-12(5-7-13)17-24-16(27-25-17)11-23-15(26)9-8-14-3-1-2-10-22-14/h1-10H,11H2,(H,23,26)/b9-8+. The van der Waals surface area contributed by atoms with Crippen molar-refractivity contribution in [2.75, 3.05) is 0 Å². The van der Waals surface area contributed by atoms with Crippen LogP contribution in [0.4, 0.5) is 13.2 Å². The molecule has 0 radical (unpaired) electrons. The van der Waals surface area contributed by atoms with Gasteiger partial charge >= 0.3 is 6.18 Å². The van der Waals surface area contributed by atoms with Crippen molar-refractivity contribution in [3.8, 4) is 11.4 Å². The molecule has 2 heterocycles. The molecule has 6 nitrogen and oxygen atoms in total. The van der Waals surface area contributed by atoms with Gasteiger partial charge in [-0.2, -0.15) is 18.2 Å². The average molecular weight is 374 g/mol. The second kappa shape index (κ2) is 7.81. The molecule has 1 N–H and O–H groups in total. The summed E-state index contributed by atoms with van der Waals surface area (Å²) in [5.41, 5.74) is 0.247. The first-order valence-electron chi connectivity index (χ1n) is 7.79. The third-order valence-corrected chi connectivity index (χ3v) is 3.45. The van der Waals surface area contributed by atoms with E-state index in [2.05, 4.69) is 20.4 Å². The van der Waals surface area contributed by atoms with Crippen LogP contribution in [0.3, 0.4) is 0 Å². The molecule has 0 bridgehead atoms. The number of aromatic nitrogens is 3. The first-order chi connectivity index (χ1) is 12.9. The highest BCUT2D eigenvalue weighted by atomic mass is 19.4. The number of rotatable bonds is 5. The Morgan fingerprint density at radius 1 is 1.15 bits per heavy atom. The van der Waals surface area contributed by atoms with E-state index in [1.54, 1.807) is 30.5 Å². The topological polar surface area (TPSA) is 80.9 Å². The molecule has 9 heteroatoms. The molecule has 1 aromatic carbocycles. The molecule has 1 amide bonds. The number of hydrogen-bond acceptors (Lipinski definition) is 5. The molecule has 0 aliphatic rings. The maximum atomic E-state index is 12.6. The summed E-state index contributed by atoms with van der Waals surface area (Å²) in [6, 6.07) is 9.70. The number of alkyl halides is 3. The summed E-state index contributed by atoms with van der Waals surface area (Å²) >= 11 is 0. The number of nitrogens with one attached hydrogen (secondary N) is 1. The molecule has 2 aromatic heterocycles. The lowest BCUT2D eigenvalue weighted by atomic mass is 10.1. The summed E-state index contributed by atoms with van der Waals surface area (Å²) in [5, 5.41) is 6.27. The first kappa shape index (κ1) is 18.3. The van der Waals surface area contributed by atoms with Gasteiger partial charge in [-0.1, -0.05) is 23.4 Å². The van der Waals surface area contributed by atoms with Crippen LogP contribution in [0.2, 0.25) is 0 Å². The highest BCUT2D eigenvalue weighted by molar-refractivity contribution is 5.91. The molecule has 0 saturated heterocycles. The molecule has 3 rings (SSSR count). The van der Waals surface area contributed by atoms with Gasteiger partial charge in [0.1, 0.15) is 0 Å². The second-order valence-electron chi connectivity index (χ2n) is 5.39. The summed E-state index contributed by atoms with van der Waals surface area (Å²) < 4.78 is 42.7. The lowest BCUT2D eigenvalue weighted by Crippen LogP contribution is -2.20. The highest BCUT2D eigenvalue weighted by Gasteiger charge is 2.30. The van der Waals surface area contributed by atoms with Gasteiger partial charge in [-0.05, 0) is 30.3 Å². The Morgan fingerprint density at radius 2 is 1.93 bits per heavy atom. The zero-order valence-electron chi connectivity index (χ0n) is 13.8. The lowest BCUT2D eigenvalue weighted by Gasteiger charge is -2.05. The fourth-order valence-corrected chi connectivity index (χ4v) is 2.11. The van der Waals surface area contributed by atoms with Crippen LogP contribution in [-0.2, 0) is 17.5 Å². The number of hydrogen-bond donors (Lipinski definition) is 1. The number of nitrogens with zero attached hydrogens (tertiary/aromatic N) is 3. The summed E-state index contributed by atoms with van der Waals surface area (Å²) in [5.74, 6) is -0.114. The SMILES string of the molecule is O=C(/C=C/c1ccccn1)NCc1nc(-c2ccc(C(F)(F)F)cc2)no1. The van der Waals surface area contributed by atoms with Crippen LogP contribution >= 0.6 is 0 Å². The van der Waals surface area contributed by atoms with Crippen molar-refractivity contribution < 1.29 is 22.5 Å². The Hall–Kier alpha value is -3.49. The minimum absolute atomic E-state index is 0.0149. The smallest absolute Gasteiger partial charge is 0.343 e. The van der Waals surface area contributed by atoms with Gasteiger partial charge in [0.15, 0.2) is 0 Å². The van der Waals surface area contributed by atoms with Crippen LogP contribution in [0.5, 0.6) is 0 Å². The van der Waals surface area contributed by atoms with Crippen molar-refractivity contribution in [1.29, 1.82) is 0 Å². The van der Waals surface area contributed by atoms with Crippen LogP contribution in [0.15, 0.2) is 59.3 Å². The third kappa shape index (κ3) is 5.00. The molecule has 138 valence electrons. The van der Waals surface area contributed by atoms with Gasteiger partial charge < -0.3 is 9.84 Å². The van der Waals surface area contributed by atoms with Crippen LogP contribution in [0, 0.1) is 0 Å². The van der Waals surface area contributed by atoms with Crippen LogP contribution in [0.1, 0.15) is 17.1 Å². The minimum atomic E-state index is -4.41. The van der Waals surface area contributed by atoms with Gasteiger partial charge in [-0.25, -0.2) is 0 Å². The quantitative estimate of drug-likeness (QED) is 0.692. The number of benzene rings is 1. The molecule has 27 heavy (non-hydrogen) atoms. The molecule has 3 aromatic rings. The van der Waals surface area contributed by atoms with Crippen molar-refractivity contribution in [2.45, 2.75) is 12.7 Å². The van der Waals surface area contributed by atoms with E-state index in [4.69, 9.17) is 4.52 Å². The summed E-state index contributed by atoms with van der Waals surface area (Å²) in [4.78, 5) is 19.9. The van der Waals surface area contributed by atoms with Crippen LogP contribution < -0.4 is 5.32 Å². The molecular formula is C18H13F3N4O2. The maximum Gasteiger partial charge on any atom is 0.416 e. The Bertz CT molecular complexity index is 935. The van der Waals surface area contributed by atoms with E-state index in [0.717, 1.165) is 12.1 Å². The Labute approximate surface area is 151 Å². The summed E-state index contributed by atoms with van der Waals surface area (Å²) in [6.45, 7) is -0.0149. The third-order valence-electron chi connectivity index (χ3n) is 3.45. The van der Waals surface area contributed by atoms with Gasteiger partial charge in [0, 0.05) is 17.8 Å². The molecule has 0 aliphatic carbocycles. The Morgan fingerprint density at radius 3 is 2.59 bits per heavy atom. The van der Waals surface area contributed by atoms with Gasteiger partial charge in [0.2, 0.25) is 17.6 Å². The van der Waals surface area contributed by atoms with E-state index < -0.39 is 11.7 Å². The predicted octanol–water partition coefficient (Wildman–Crippen LogP) is 3.48. The lowest BCUT2D eigenvalue weighted by molar-refractivity contribution is -0.137. The average Bonchev–Trinajstić information content (AvgIpc) is 3.14. The first-order valence-corrected chi connectivity index (χ1v) is 7.79. The normalized spacial score (nSPS) is 11.7. The van der Waals surface area contributed by atoms with Crippen molar-refractivity contribution >= 4 is 12.0 Å². The van der Waals surface area contributed by atoms with Crippen molar-refractivity contribution in [3.05, 3.63) is 71.9 Å². The van der Waals surface area contributed by atoms with Crippen molar-refractivity contribution in [1.82, 2.24) is 20.4 Å². The Kier molecular flexibility index (Phi) is 5.30. The predicted molar refractivity (Wildman–Crippen MR) is 89.9 cm³/mol. The van der Waals surface area contributed by atoms with E-state index in [1.165, 1.54) is 18.2 Å². The highest BCUT2D eigenvalue weighted by Crippen LogP contribution is 2.30. The fraction of sp³-hybridized carbons (Fsp3) is 0.111. The van der Waals surface area contributed by atoms with E-state index >= 15 is 0 Å². The van der Waals surface area contributed by atoms with E-state index in [1.807, 2.05) is 0 Å². The zero-order chi connectivity index (χ0) is 19.3. The van der Waals surface area contributed by atoms with Gasteiger partial charge in [0.05, 0.1) is 17.8 Å². The maximum absolute atomic E-state index is 12.6. The molecule has 0 fully saturated rings.